The highest BCUT2D eigenvalue weighted by Gasteiger charge is 2.05. The lowest BCUT2D eigenvalue weighted by molar-refractivity contribution is 0.271. The Balaban J connectivity index is 2.21. The van der Waals surface area contributed by atoms with Gasteiger partial charge in [0.05, 0.1) is 18.2 Å². The summed E-state index contributed by atoms with van der Waals surface area (Å²) in [7, 11) is 0. The van der Waals surface area contributed by atoms with Crippen molar-refractivity contribution in [1.29, 1.82) is 5.26 Å². The molecule has 3 heteroatoms. The predicted octanol–water partition coefficient (Wildman–Crippen LogP) is 5.44. The van der Waals surface area contributed by atoms with Gasteiger partial charge in [0.25, 0.3) is 0 Å². The van der Waals surface area contributed by atoms with Crippen LogP contribution in [0.4, 0.5) is 0 Å². The Morgan fingerprint density at radius 2 is 1.86 bits per heavy atom. The first-order chi connectivity index (χ1) is 10.6. The Bertz CT molecular complexity index is 696. The van der Waals surface area contributed by atoms with Crippen LogP contribution in [0.25, 0.3) is 11.6 Å². The van der Waals surface area contributed by atoms with Crippen LogP contribution in [-0.2, 0) is 0 Å². The van der Waals surface area contributed by atoms with Crippen LogP contribution in [0.1, 0.15) is 25.0 Å². The van der Waals surface area contributed by atoms with E-state index in [2.05, 4.69) is 19.9 Å². The van der Waals surface area contributed by atoms with Gasteiger partial charge in [-0.3, -0.25) is 0 Å². The Hall–Kier alpha value is -2.24. The monoisotopic (exact) mass is 311 g/mol. The van der Waals surface area contributed by atoms with Crippen LogP contribution in [0.5, 0.6) is 5.75 Å². The second-order valence-corrected chi connectivity index (χ2v) is 5.83. The first-order valence-electron chi connectivity index (χ1n) is 7.19. The first-order valence-corrected chi connectivity index (χ1v) is 7.57. The average Bonchev–Trinajstić information content (AvgIpc) is 2.52. The summed E-state index contributed by atoms with van der Waals surface area (Å²) < 4.78 is 5.65. The van der Waals surface area contributed by atoms with Gasteiger partial charge >= 0.3 is 0 Å². The number of nitriles is 1. The topological polar surface area (TPSA) is 33.0 Å². The van der Waals surface area contributed by atoms with E-state index >= 15 is 0 Å². The summed E-state index contributed by atoms with van der Waals surface area (Å²) in [6, 6.07) is 17.2. The molecule has 0 aliphatic carbocycles. The molecule has 0 saturated heterocycles. The summed E-state index contributed by atoms with van der Waals surface area (Å²) >= 11 is 6.15. The molecule has 0 radical (unpaired) electrons. The van der Waals surface area contributed by atoms with Crippen molar-refractivity contribution in [3.63, 3.8) is 0 Å². The van der Waals surface area contributed by atoms with E-state index in [0.29, 0.717) is 23.1 Å². The molecule has 2 aromatic rings. The summed E-state index contributed by atoms with van der Waals surface area (Å²) in [6.45, 7) is 4.91. The lowest BCUT2D eigenvalue weighted by Crippen LogP contribution is -2.04. The number of benzene rings is 2. The van der Waals surface area contributed by atoms with Gasteiger partial charge in [-0.25, -0.2) is 0 Å². The largest absolute Gasteiger partial charge is 0.493 e. The molecule has 0 atom stereocenters. The van der Waals surface area contributed by atoms with Crippen LogP contribution in [-0.4, -0.2) is 6.61 Å². The smallest absolute Gasteiger partial charge is 0.119 e. The number of hydrogen-bond donors (Lipinski definition) is 0. The third kappa shape index (κ3) is 4.38. The summed E-state index contributed by atoms with van der Waals surface area (Å²) in [5.74, 6) is 1.33. The molecular formula is C19H18ClNO. The molecule has 0 amide bonds. The maximum absolute atomic E-state index is 9.36. The van der Waals surface area contributed by atoms with Crippen molar-refractivity contribution in [3.05, 3.63) is 64.7 Å². The molecule has 2 aromatic carbocycles. The van der Waals surface area contributed by atoms with E-state index in [4.69, 9.17) is 16.3 Å². The zero-order valence-electron chi connectivity index (χ0n) is 12.7. The molecule has 2 rings (SSSR count). The van der Waals surface area contributed by atoms with Crippen LogP contribution >= 0.6 is 11.6 Å². The molecule has 2 nitrogen and oxygen atoms in total. The molecule has 0 bridgehead atoms. The Kier molecular flexibility index (Phi) is 5.63. The highest BCUT2D eigenvalue weighted by atomic mass is 35.5. The van der Waals surface area contributed by atoms with E-state index < -0.39 is 0 Å². The number of halogens is 1. The molecule has 0 aliphatic heterocycles. The molecule has 0 aliphatic rings. The summed E-state index contributed by atoms with van der Waals surface area (Å²) in [5, 5.41) is 9.94. The molecule has 22 heavy (non-hydrogen) atoms. The standard InChI is InChI=1S/C19H18ClNO/c1-14(2)13-22-17-9-7-15(8-10-17)11-16(12-21)18-5-3-4-6-19(18)20/h3-11,14H,13H2,1-2H3. The zero-order valence-corrected chi connectivity index (χ0v) is 13.5. The molecule has 0 saturated carbocycles. The van der Waals surface area contributed by atoms with Crippen LogP contribution in [0.3, 0.4) is 0 Å². The van der Waals surface area contributed by atoms with Crippen molar-refractivity contribution in [2.45, 2.75) is 13.8 Å². The van der Waals surface area contributed by atoms with E-state index in [9.17, 15) is 5.26 Å². The minimum Gasteiger partial charge on any atom is -0.493 e. The van der Waals surface area contributed by atoms with Gasteiger partial charge in [-0.1, -0.05) is 55.8 Å². The van der Waals surface area contributed by atoms with E-state index in [-0.39, 0.29) is 0 Å². The van der Waals surface area contributed by atoms with E-state index in [1.54, 1.807) is 6.07 Å². The maximum atomic E-state index is 9.36. The van der Waals surface area contributed by atoms with Crippen molar-refractivity contribution in [2.75, 3.05) is 6.61 Å². The van der Waals surface area contributed by atoms with Crippen molar-refractivity contribution in [3.8, 4) is 11.8 Å². The number of rotatable bonds is 5. The normalized spacial score (nSPS) is 11.3. The third-order valence-electron chi connectivity index (χ3n) is 3.06. The van der Waals surface area contributed by atoms with E-state index in [1.807, 2.05) is 48.5 Å². The van der Waals surface area contributed by atoms with Gasteiger partial charge in [-0.05, 0) is 35.8 Å². The fourth-order valence-electron chi connectivity index (χ4n) is 1.94. The zero-order chi connectivity index (χ0) is 15.9. The second-order valence-electron chi connectivity index (χ2n) is 5.42. The minimum atomic E-state index is 0.491. The van der Waals surface area contributed by atoms with Crippen LogP contribution in [0.2, 0.25) is 5.02 Å². The van der Waals surface area contributed by atoms with Gasteiger partial charge in [-0.15, -0.1) is 0 Å². The van der Waals surface area contributed by atoms with Gasteiger partial charge in [-0.2, -0.15) is 5.26 Å². The van der Waals surface area contributed by atoms with Crippen molar-refractivity contribution in [2.24, 2.45) is 5.92 Å². The Morgan fingerprint density at radius 1 is 1.18 bits per heavy atom. The molecule has 0 unspecified atom stereocenters. The molecular weight excluding hydrogens is 294 g/mol. The van der Waals surface area contributed by atoms with Gasteiger partial charge in [0.1, 0.15) is 5.75 Å². The third-order valence-corrected chi connectivity index (χ3v) is 3.39. The fraction of sp³-hybridized carbons (Fsp3) is 0.211. The van der Waals surface area contributed by atoms with E-state index in [0.717, 1.165) is 16.9 Å². The Labute approximate surface area is 136 Å². The number of allylic oxidation sites excluding steroid dienone is 1. The van der Waals surface area contributed by atoms with Crippen LogP contribution in [0, 0.1) is 17.2 Å². The lowest BCUT2D eigenvalue weighted by Gasteiger charge is -2.08. The second kappa shape index (κ2) is 7.68. The summed E-state index contributed by atoms with van der Waals surface area (Å²) in [5.41, 5.74) is 2.22. The first kappa shape index (κ1) is 16.1. The Morgan fingerprint density at radius 3 is 2.45 bits per heavy atom. The van der Waals surface area contributed by atoms with Crippen molar-refractivity contribution < 1.29 is 4.74 Å². The van der Waals surface area contributed by atoms with Crippen molar-refractivity contribution in [1.82, 2.24) is 0 Å². The van der Waals surface area contributed by atoms with Crippen LogP contribution in [0.15, 0.2) is 48.5 Å². The SMILES string of the molecule is CC(C)COc1ccc(C=C(C#N)c2ccccc2Cl)cc1. The molecule has 112 valence electrons. The molecule has 0 N–H and O–H groups in total. The van der Waals surface area contributed by atoms with Gasteiger partial charge in [0.15, 0.2) is 0 Å². The van der Waals surface area contributed by atoms with Crippen LogP contribution < -0.4 is 4.74 Å². The molecule has 0 spiro atoms. The predicted molar refractivity (Wildman–Crippen MR) is 91.7 cm³/mol. The van der Waals surface area contributed by atoms with Gasteiger partial charge in [0.2, 0.25) is 0 Å². The summed E-state index contributed by atoms with van der Waals surface area (Å²) in [6.07, 6.45) is 1.83. The van der Waals surface area contributed by atoms with Gasteiger partial charge in [0, 0.05) is 10.6 Å². The number of ether oxygens (including phenoxy) is 1. The number of nitrogens with zero attached hydrogens (tertiary/aromatic N) is 1. The van der Waals surface area contributed by atoms with E-state index in [1.165, 1.54) is 0 Å². The molecule has 0 fully saturated rings. The number of hydrogen-bond acceptors (Lipinski definition) is 2. The van der Waals surface area contributed by atoms with Crippen molar-refractivity contribution >= 4 is 23.3 Å². The molecule has 0 heterocycles. The highest BCUT2D eigenvalue weighted by molar-refractivity contribution is 6.32. The summed E-state index contributed by atoms with van der Waals surface area (Å²) in [4.78, 5) is 0. The highest BCUT2D eigenvalue weighted by Crippen LogP contribution is 2.25. The van der Waals surface area contributed by atoms with Gasteiger partial charge < -0.3 is 4.74 Å². The average molecular weight is 312 g/mol. The lowest BCUT2D eigenvalue weighted by atomic mass is 10.0. The minimum absolute atomic E-state index is 0.491. The molecule has 0 aromatic heterocycles. The maximum Gasteiger partial charge on any atom is 0.119 e. The fourth-order valence-corrected chi connectivity index (χ4v) is 2.18. The quantitative estimate of drug-likeness (QED) is 0.544.